The van der Waals surface area contributed by atoms with E-state index in [-0.39, 0.29) is 24.3 Å². The largest absolute Gasteiger partial charge is 0.475 e. The molecule has 9 heteroatoms. The number of piperidine rings is 1. The number of benzene rings is 2. The van der Waals surface area contributed by atoms with E-state index >= 15 is 0 Å². The summed E-state index contributed by atoms with van der Waals surface area (Å²) in [5.41, 5.74) is 13.2. The van der Waals surface area contributed by atoms with Gasteiger partial charge in [0.25, 0.3) is 0 Å². The first kappa shape index (κ1) is 33.7. The molecule has 3 heterocycles. The Morgan fingerprint density at radius 2 is 1.78 bits per heavy atom. The average molecular weight is 629 g/mol. The van der Waals surface area contributed by atoms with Crippen LogP contribution in [-0.2, 0) is 11.2 Å². The second-order valence-corrected chi connectivity index (χ2v) is 14.5. The Bertz CT molecular complexity index is 1520. The molecule has 2 fully saturated rings. The highest BCUT2D eigenvalue weighted by Crippen LogP contribution is 2.40. The van der Waals surface area contributed by atoms with Gasteiger partial charge in [-0.05, 0) is 108 Å². The summed E-state index contributed by atoms with van der Waals surface area (Å²) >= 11 is 0. The summed E-state index contributed by atoms with van der Waals surface area (Å²) in [6.07, 6.45) is 2.97. The summed E-state index contributed by atoms with van der Waals surface area (Å²) in [4.78, 5) is 27.7. The standard InChI is InChI=1S/C37H52N6O3/c1-22(2)28-9-8-26(30(19-28)40-36(38)45)10-13-39-20-25(5)31-32(29-17-23(3)16-24(4)18-29)41-42-35(31)46-21-37(6,7)34(44)33-27-11-14-43(33)15-12-27/h8-9,16-19,22,25,27,33,39H,10-15,20-21H2,1-7H3,(H,41,42)(H3,38,40,45)/t25-,33?/m1/s1. The molecule has 9 nitrogen and oxygen atoms in total. The van der Waals surface area contributed by atoms with Crippen LogP contribution in [0.5, 0.6) is 5.88 Å². The monoisotopic (exact) mass is 628 g/mol. The minimum atomic E-state index is -0.630. The number of Topliss-reactive ketones (excluding diaryl/α,β-unsaturated/α-hetero) is 1. The number of carbonyl (C=O) groups excluding carboxylic acids is 2. The van der Waals surface area contributed by atoms with Crippen LogP contribution in [0, 0.1) is 25.2 Å². The van der Waals surface area contributed by atoms with Crippen molar-refractivity contribution in [3.8, 4) is 17.1 Å². The molecular formula is C37H52N6O3. The number of nitrogens with zero attached hydrogens (tertiary/aromatic N) is 2. The Balaban J connectivity index is 1.31. The van der Waals surface area contributed by atoms with Crippen LogP contribution in [-0.4, -0.2) is 65.7 Å². The van der Waals surface area contributed by atoms with Gasteiger partial charge >= 0.3 is 6.03 Å². The second kappa shape index (κ2) is 14.0. The van der Waals surface area contributed by atoms with Crippen LogP contribution >= 0.6 is 0 Å². The van der Waals surface area contributed by atoms with E-state index in [9.17, 15) is 9.59 Å². The third-order valence-corrected chi connectivity index (χ3v) is 9.77. The lowest BCUT2D eigenvalue weighted by molar-refractivity contribution is -0.133. The number of ether oxygens (including phenoxy) is 1. The van der Waals surface area contributed by atoms with Gasteiger partial charge < -0.3 is 21.1 Å². The number of aromatic amines is 1. The highest BCUT2D eigenvalue weighted by Gasteiger charge is 2.48. The number of anilines is 1. The number of fused-ring (bicyclic) bond motifs is 2. The number of nitrogens with two attached hydrogens (primary N) is 1. The number of hydrogen-bond donors (Lipinski definition) is 4. The van der Waals surface area contributed by atoms with E-state index < -0.39 is 11.4 Å². The van der Waals surface area contributed by atoms with Crippen LogP contribution in [0.4, 0.5) is 10.5 Å². The van der Waals surface area contributed by atoms with Gasteiger partial charge in [0.2, 0.25) is 5.88 Å². The van der Waals surface area contributed by atoms with E-state index in [0.29, 0.717) is 30.8 Å². The van der Waals surface area contributed by atoms with E-state index in [2.05, 4.69) is 90.7 Å². The Kier molecular flexibility index (Phi) is 10.2. The maximum absolute atomic E-state index is 13.7. The van der Waals surface area contributed by atoms with Crippen molar-refractivity contribution in [1.29, 1.82) is 0 Å². The van der Waals surface area contributed by atoms with Crippen LogP contribution < -0.4 is 21.1 Å². The van der Waals surface area contributed by atoms with E-state index in [1.54, 1.807) is 0 Å². The number of hydrogen-bond acceptors (Lipinski definition) is 6. The fraction of sp³-hybridized carbons (Fsp3) is 0.541. The van der Waals surface area contributed by atoms with E-state index in [1.807, 2.05) is 19.9 Å². The minimum Gasteiger partial charge on any atom is -0.475 e. The van der Waals surface area contributed by atoms with Gasteiger partial charge in [-0.2, -0.15) is 0 Å². The highest BCUT2D eigenvalue weighted by atomic mass is 16.5. The molecule has 1 unspecified atom stereocenters. The summed E-state index contributed by atoms with van der Waals surface area (Å²) in [6, 6.07) is 12.2. The van der Waals surface area contributed by atoms with Crippen molar-refractivity contribution in [1.82, 2.24) is 20.4 Å². The number of H-pyrrole nitrogens is 1. The summed E-state index contributed by atoms with van der Waals surface area (Å²) in [5, 5.41) is 14.4. The summed E-state index contributed by atoms with van der Waals surface area (Å²) in [5.74, 6) is 1.72. The lowest BCUT2D eigenvalue weighted by Crippen LogP contribution is -2.44. The predicted octanol–water partition coefficient (Wildman–Crippen LogP) is 6.31. The number of aryl methyl sites for hydroxylation is 2. The molecule has 0 saturated carbocycles. The molecule has 2 saturated heterocycles. The van der Waals surface area contributed by atoms with E-state index in [0.717, 1.165) is 66.0 Å². The van der Waals surface area contributed by atoms with Crippen molar-refractivity contribution in [2.45, 2.75) is 85.6 Å². The Labute approximate surface area is 274 Å². The van der Waals surface area contributed by atoms with Crippen LogP contribution in [0.25, 0.3) is 11.3 Å². The number of carbonyl (C=O) groups is 2. The third kappa shape index (κ3) is 7.47. The van der Waals surface area contributed by atoms with Crippen molar-refractivity contribution in [3.63, 3.8) is 0 Å². The molecular weight excluding hydrogens is 576 g/mol. The Hall–Kier alpha value is -3.69. The second-order valence-electron chi connectivity index (χ2n) is 14.5. The molecule has 5 N–H and O–H groups in total. The van der Waals surface area contributed by atoms with Gasteiger partial charge in [-0.25, -0.2) is 4.79 Å². The SMILES string of the molecule is Cc1cc(C)cc(-c2[nH]nc(OCC(C)(C)C(=O)C3C4CCN3CC4)c2[C@H](C)CNCCc2ccc(C(C)C)cc2NC(N)=O)c1. The minimum absolute atomic E-state index is 0.0199. The molecule has 2 bridgehead atoms. The molecule has 5 rings (SSSR count). The first-order valence-corrected chi connectivity index (χ1v) is 16.8. The van der Waals surface area contributed by atoms with Crippen molar-refractivity contribution in [2.24, 2.45) is 17.1 Å². The van der Waals surface area contributed by atoms with Gasteiger partial charge in [0.15, 0.2) is 5.78 Å². The van der Waals surface area contributed by atoms with Crippen LogP contribution in [0.15, 0.2) is 36.4 Å². The molecule has 2 amide bonds. The number of rotatable bonds is 14. The quantitative estimate of drug-likeness (QED) is 0.155. The van der Waals surface area contributed by atoms with Crippen molar-refractivity contribution >= 4 is 17.5 Å². The van der Waals surface area contributed by atoms with Gasteiger partial charge in [-0.1, -0.05) is 50.1 Å². The van der Waals surface area contributed by atoms with Crippen LogP contribution in [0.3, 0.4) is 0 Å². The number of primary amides is 1. The zero-order chi connectivity index (χ0) is 33.2. The van der Waals surface area contributed by atoms with Gasteiger partial charge in [0, 0.05) is 29.3 Å². The first-order chi connectivity index (χ1) is 21.8. The smallest absolute Gasteiger partial charge is 0.316 e. The molecule has 2 aromatic carbocycles. The Morgan fingerprint density at radius 3 is 2.39 bits per heavy atom. The highest BCUT2D eigenvalue weighted by molar-refractivity contribution is 5.90. The maximum Gasteiger partial charge on any atom is 0.316 e. The van der Waals surface area contributed by atoms with E-state index in [4.69, 9.17) is 10.5 Å². The summed E-state index contributed by atoms with van der Waals surface area (Å²) in [6.45, 7) is 18.4. The first-order valence-electron chi connectivity index (χ1n) is 16.8. The zero-order valence-electron chi connectivity index (χ0n) is 28.6. The third-order valence-electron chi connectivity index (χ3n) is 9.77. The van der Waals surface area contributed by atoms with Crippen molar-refractivity contribution in [2.75, 3.05) is 38.1 Å². The molecule has 1 aromatic heterocycles. The van der Waals surface area contributed by atoms with Crippen LogP contribution in [0.1, 0.15) is 87.1 Å². The number of amides is 2. The molecule has 2 aliphatic heterocycles. The van der Waals surface area contributed by atoms with E-state index in [1.165, 1.54) is 11.1 Å². The summed E-state index contributed by atoms with van der Waals surface area (Å²) in [7, 11) is 0. The predicted molar refractivity (Wildman–Crippen MR) is 185 cm³/mol. The molecule has 248 valence electrons. The maximum atomic E-state index is 13.7. The molecule has 0 spiro atoms. The van der Waals surface area contributed by atoms with Gasteiger partial charge in [-0.15, -0.1) is 5.10 Å². The molecule has 2 atom stereocenters. The zero-order valence-corrected chi connectivity index (χ0v) is 28.6. The molecule has 2 aliphatic rings. The number of nitrogens with one attached hydrogen (secondary N) is 3. The number of urea groups is 1. The fourth-order valence-corrected chi connectivity index (χ4v) is 7.22. The van der Waals surface area contributed by atoms with Gasteiger partial charge in [0.1, 0.15) is 6.61 Å². The molecule has 3 aromatic rings. The van der Waals surface area contributed by atoms with Crippen LogP contribution in [0.2, 0.25) is 0 Å². The molecule has 0 aliphatic carbocycles. The van der Waals surface area contributed by atoms with Crippen molar-refractivity contribution in [3.05, 3.63) is 64.2 Å². The van der Waals surface area contributed by atoms with Gasteiger partial charge in [-0.3, -0.25) is 14.8 Å². The normalized spacial score (nSPS) is 19.9. The lowest BCUT2D eigenvalue weighted by Gasteiger charge is -2.29. The Morgan fingerprint density at radius 1 is 1.09 bits per heavy atom. The summed E-state index contributed by atoms with van der Waals surface area (Å²) < 4.78 is 6.45. The number of ketones is 1. The lowest BCUT2D eigenvalue weighted by atomic mass is 9.81. The van der Waals surface area contributed by atoms with Gasteiger partial charge in [0.05, 0.1) is 17.2 Å². The topological polar surface area (TPSA) is 125 Å². The molecule has 46 heavy (non-hydrogen) atoms. The molecule has 0 radical (unpaired) electrons. The number of aromatic nitrogens is 2. The average Bonchev–Trinajstić information content (AvgIpc) is 3.72. The fourth-order valence-electron chi connectivity index (χ4n) is 7.22. The van der Waals surface area contributed by atoms with Crippen molar-refractivity contribution < 1.29 is 14.3 Å².